The van der Waals surface area contributed by atoms with Gasteiger partial charge in [0.1, 0.15) is 12.3 Å². The van der Waals surface area contributed by atoms with Gasteiger partial charge in [-0.05, 0) is 26.8 Å². The zero-order valence-electron chi connectivity index (χ0n) is 13.5. The number of oxazole rings is 1. The Labute approximate surface area is 134 Å². The van der Waals surface area contributed by atoms with Crippen LogP contribution in [0.5, 0.6) is 0 Å². The van der Waals surface area contributed by atoms with Gasteiger partial charge in [0.05, 0.1) is 16.6 Å². The number of nitrogens with zero attached hydrogens (tertiary/aromatic N) is 4. The number of alkyl halides is 3. The van der Waals surface area contributed by atoms with E-state index in [0.717, 1.165) is 10.7 Å². The highest BCUT2D eigenvalue weighted by molar-refractivity contribution is 5.79. The fourth-order valence-electron chi connectivity index (χ4n) is 2.62. The maximum atomic E-state index is 13.3. The van der Waals surface area contributed by atoms with E-state index in [2.05, 4.69) is 9.97 Å². The van der Waals surface area contributed by atoms with E-state index >= 15 is 0 Å². The fraction of sp³-hybridized carbons (Fsp3) is 0.400. The van der Waals surface area contributed by atoms with Gasteiger partial charge in [-0.1, -0.05) is 0 Å². The maximum absolute atomic E-state index is 13.3. The van der Waals surface area contributed by atoms with Crippen LogP contribution in [0.25, 0.3) is 11.0 Å². The molecule has 0 aliphatic heterocycles. The highest BCUT2D eigenvalue weighted by atomic mass is 19.4. The van der Waals surface area contributed by atoms with Gasteiger partial charge in [-0.25, -0.2) is 14.6 Å². The van der Waals surface area contributed by atoms with Crippen molar-refractivity contribution in [2.24, 2.45) is 7.05 Å². The third kappa shape index (κ3) is 2.49. The summed E-state index contributed by atoms with van der Waals surface area (Å²) in [5, 5.41) is -0.449. The molecule has 3 aromatic heterocycles. The lowest BCUT2D eigenvalue weighted by Gasteiger charge is -2.08. The van der Waals surface area contributed by atoms with Gasteiger partial charge in [0.25, 0.3) is 5.56 Å². The molecule has 0 fully saturated rings. The van der Waals surface area contributed by atoms with Crippen LogP contribution in [0.15, 0.2) is 15.3 Å². The van der Waals surface area contributed by atoms with Crippen molar-refractivity contribution in [2.75, 3.05) is 0 Å². The van der Waals surface area contributed by atoms with Crippen molar-refractivity contribution in [3.8, 4) is 0 Å². The molecule has 0 unspecified atom stereocenters. The first-order valence-corrected chi connectivity index (χ1v) is 7.17. The molecular weight excluding hydrogens is 325 g/mol. The molecule has 0 saturated heterocycles. The second-order valence-corrected chi connectivity index (χ2v) is 5.64. The van der Waals surface area contributed by atoms with Gasteiger partial charge in [0.15, 0.2) is 5.65 Å². The van der Waals surface area contributed by atoms with Gasteiger partial charge in [0, 0.05) is 12.7 Å². The Morgan fingerprint density at radius 1 is 1.21 bits per heavy atom. The first-order chi connectivity index (χ1) is 11.1. The van der Waals surface area contributed by atoms with E-state index in [9.17, 15) is 18.0 Å². The van der Waals surface area contributed by atoms with Crippen LogP contribution in [-0.2, 0) is 19.8 Å². The molecule has 24 heavy (non-hydrogen) atoms. The number of rotatable bonds is 2. The Kier molecular flexibility index (Phi) is 3.54. The molecule has 3 heterocycles. The van der Waals surface area contributed by atoms with E-state index in [0.29, 0.717) is 11.5 Å². The number of hydrogen-bond acceptors (Lipinski definition) is 4. The Morgan fingerprint density at radius 3 is 2.42 bits per heavy atom. The van der Waals surface area contributed by atoms with Crippen LogP contribution in [0.1, 0.15) is 28.6 Å². The molecule has 128 valence electrons. The standard InChI is InChI=1S/C15H15F3N4O2/c1-7-5-10(15(16,17)18)12-13(19-7)21(4)22(14(12)23)6-11-20-8(2)9(3)24-11/h5H,6H2,1-4H3. The molecule has 0 amide bonds. The van der Waals surface area contributed by atoms with Crippen molar-refractivity contribution in [1.82, 2.24) is 19.3 Å². The molecule has 0 atom stereocenters. The quantitative estimate of drug-likeness (QED) is 0.719. The summed E-state index contributed by atoms with van der Waals surface area (Å²) in [6, 6.07) is 0.882. The molecule has 0 aliphatic rings. The van der Waals surface area contributed by atoms with Gasteiger partial charge in [0.2, 0.25) is 5.89 Å². The molecule has 6 nitrogen and oxygen atoms in total. The zero-order chi connectivity index (χ0) is 17.8. The third-order valence-corrected chi connectivity index (χ3v) is 3.91. The summed E-state index contributed by atoms with van der Waals surface area (Å²) in [4.78, 5) is 20.8. The van der Waals surface area contributed by atoms with Crippen LogP contribution in [0.3, 0.4) is 0 Å². The molecule has 0 saturated carbocycles. The summed E-state index contributed by atoms with van der Waals surface area (Å²) in [5.74, 6) is 0.852. The molecule has 0 aromatic carbocycles. The normalized spacial score (nSPS) is 12.3. The largest absolute Gasteiger partial charge is 0.444 e. The minimum absolute atomic E-state index is 0.0210. The van der Waals surface area contributed by atoms with Crippen molar-refractivity contribution in [3.05, 3.63) is 45.0 Å². The lowest BCUT2D eigenvalue weighted by molar-refractivity contribution is -0.136. The summed E-state index contributed by atoms with van der Waals surface area (Å²) >= 11 is 0. The molecule has 3 rings (SSSR count). The Bertz CT molecular complexity index is 975. The fourth-order valence-corrected chi connectivity index (χ4v) is 2.62. The Balaban J connectivity index is 2.25. The van der Waals surface area contributed by atoms with Crippen molar-refractivity contribution in [1.29, 1.82) is 0 Å². The van der Waals surface area contributed by atoms with Crippen LogP contribution < -0.4 is 5.56 Å². The lowest BCUT2D eigenvalue weighted by Crippen LogP contribution is -2.23. The van der Waals surface area contributed by atoms with Crippen LogP contribution >= 0.6 is 0 Å². The maximum Gasteiger partial charge on any atom is 0.417 e. The summed E-state index contributed by atoms with van der Waals surface area (Å²) in [7, 11) is 1.49. The SMILES string of the molecule is Cc1cc(C(F)(F)F)c2c(=O)n(Cc3nc(C)c(C)o3)n(C)c2n1. The first-order valence-electron chi connectivity index (χ1n) is 7.17. The molecule has 0 radical (unpaired) electrons. The molecule has 3 aromatic rings. The third-order valence-electron chi connectivity index (χ3n) is 3.91. The highest BCUT2D eigenvalue weighted by Crippen LogP contribution is 2.33. The molecule has 0 N–H and O–H groups in total. The molecule has 0 bridgehead atoms. The van der Waals surface area contributed by atoms with E-state index in [1.807, 2.05) is 0 Å². The molecule has 9 heteroatoms. The number of aryl methyl sites for hydroxylation is 4. The van der Waals surface area contributed by atoms with Crippen molar-refractivity contribution in [3.63, 3.8) is 0 Å². The predicted octanol–water partition coefficient (Wildman–Crippen LogP) is 2.72. The number of aromatic nitrogens is 4. The van der Waals surface area contributed by atoms with Crippen LogP contribution in [0, 0.1) is 20.8 Å². The average Bonchev–Trinajstić information content (AvgIpc) is 2.90. The number of hydrogen-bond donors (Lipinski definition) is 0. The summed E-state index contributed by atoms with van der Waals surface area (Å²) in [6.07, 6.45) is -4.64. The second kappa shape index (κ2) is 5.22. The second-order valence-electron chi connectivity index (χ2n) is 5.64. The minimum Gasteiger partial charge on any atom is -0.444 e. The smallest absolute Gasteiger partial charge is 0.417 e. The zero-order valence-corrected chi connectivity index (χ0v) is 13.5. The van der Waals surface area contributed by atoms with Crippen molar-refractivity contribution < 1.29 is 17.6 Å². The van der Waals surface area contributed by atoms with E-state index < -0.39 is 22.7 Å². The predicted molar refractivity (Wildman–Crippen MR) is 79.8 cm³/mol. The lowest BCUT2D eigenvalue weighted by atomic mass is 10.1. The van der Waals surface area contributed by atoms with Gasteiger partial charge >= 0.3 is 6.18 Å². The van der Waals surface area contributed by atoms with E-state index in [1.54, 1.807) is 13.8 Å². The number of pyridine rings is 1. The van der Waals surface area contributed by atoms with Crippen molar-refractivity contribution >= 4 is 11.0 Å². The molecular formula is C15H15F3N4O2. The topological polar surface area (TPSA) is 65.8 Å². The number of halogens is 3. The van der Waals surface area contributed by atoms with Crippen molar-refractivity contribution in [2.45, 2.75) is 33.5 Å². The van der Waals surface area contributed by atoms with Gasteiger partial charge in [-0.2, -0.15) is 13.2 Å². The van der Waals surface area contributed by atoms with E-state index in [1.165, 1.54) is 18.7 Å². The van der Waals surface area contributed by atoms with Crippen LogP contribution in [0.4, 0.5) is 13.2 Å². The Hall–Kier alpha value is -2.58. The van der Waals surface area contributed by atoms with Gasteiger partial charge in [-0.3, -0.25) is 9.48 Å². The minimum atomic E-state index is -4.64. The monoisotopic (exact) mass is 340 g/mol. The molecule has 0 spiro atoms. The van der Waals surface area contributed by atoms with Gasteiger partial charge in [-0.15, -0.1) is 0 Å². The first kappa shape index (κ1) is 16.3. The van der Waals surface area contributed by atoms with E-state index in [-0.39, 0.29) is 23.8 Å². The van der Waals surface area contributed by atoms with Gasteiger partial charge < -0.3 is 4.42 Å². The van der Waals surface area contributed by atoms with Crippen LogP contribution in [0.2, 0.25) is 0 Å². The summed E-state index contributed by atoms with van der Waals surface area (Å²) in [5.41, 5.74) is -0.926. The Morgan fingerprint density at radius 2 is 1.88 bits per heavy atom. The van der Waals surface area contributed by atoms with Crippen LogP contribution in [-0.4, -0.2) is 19.3 Å². The summed E-state index contributed by atoms with van der Waals surface area (Å²) < 4.78 is 47.7. The summed E-state index contributed by atoms with van der Waals surface area (Å²) in [6.45, 7) is 4.86. The molecule has 0 aliphatic carbocycles. The average molecular weight is 340 g/mol. The number of fused-ring (bicyclic) bond motifs is 1. The highest BCUT2D eigenvalue weighted by Gasteiger charge is 2.36. The van der Waals surface area contributed by atoms with E-state index in [4.69, 9.17) is 4.42 Å².